The summed E-state index contributed by atoms with van der Waals surface area (Å²) in [6.45, 7) is 2.68. The summed E-state index contributed by atoms with van der Waals surface area (Å²) >= 11 is 0. The van der Waals surface area contributed by atoms with Gasteiger partial charge in [-0.3, -0.25) is 9.69 Å². The van der Waals surface area contributed by atoms with Gasteiger partial charge in [0.1, 0.15) is 5.82 Å². The second-order valence-electron chi connectivity index (χ2n) is 8.13. The number of halogens is 1. The number of hydrogen-bond acceptors (Lipinski definition) is 4. The fraction of sp³-hybridized carbons (Fsp3) is 0.545. The Balaban J connectivity index is 1.34. The van der Waals surface area contributed by atoms with Crippen molar-refractivity contribution in [1.82, 2.24) is 15.4 Å². The van der Waals surface area contributed by atoms with E-state index in [9.17, 15) is 9.18 Å². The highest BCUT2D eigenvalue weighted by atomic mass is 19.1. The van der Waals surface area contributed by atoms with E-state index in [-0.39, 0.29) is 23.7 Å². The van der Waals surface area contributed by atoms with Gasteiger partial charge in [0.05, 0.1) is 5.69 Å². The first kappa shape index (κ1) is 19.1. The lowest BCUT2D eigenvalue weighted by Crippen LogP contribution is -2.36. The number of piperidine rings is 1. The summed E-state index contributed by atoms with van der Waals surface area (Å²) in [5.41, 5.74) is 1.97. The third-order valence-corrected chi connectivity index (χ3v) is 5.94. The summed E-state index contributed by atoms with van der Waals surface area (Å²) in [6.07, 6.45) is 7.83. The number of likely N-dealkylation sites (tertiary alicyclic amines) is 1. The number of benzene rings is 1. The Hall–Kier alpha value is -2.21. The number of hydrogen-bond donors (Lipinski definition) is 1. The van der Waals surface area contributed by atoms with E-state index >= 15 is 0 Å². The first-order valence-corrected chi connectivity index (χ1v) is 10.4. The van der Waals surface area contributed by atoms with Crippen LogP contribution < -0.4 is 5.32 Å². The first-order valence-electron chi connectivity index (χ1n) is 10.4. The number of rotatable bonds is 5. The highest BCUT2D eigenvalue weighted by molar-refractivity contribution is 5.91. The number of nitrogens with zero attached hydrogens (tertiary/aromatic N) is 2. The van der Waals surface area contributed by atoms with Crippen LogP contribution >= 0.6 is 0 Å². The third kappa shape index (κ3) is 4.79. The maximum atomic E-state index is 13.1. The van der Waals surface area contributed by atoms with Gasteiger partial charge in [0.25, 0.3) is 5.91 Å². The number of amides is 1. The molecule has 1 aromatic heterocycles. The van der Waals surface area contributed by atoms with Crippen LogP contribution in [-0.2, 0) is 6.54 Å². The molecule has 28 heavy (non-hydrogen) atoms. The van der Waals surface area contributed by atoms with E-state index < -0.39 is 0 Å². The first-order chi connectivity index (χ1) is 13.7. The van der Waals surface area contributed by atoms with Crippen LogP contribution in [0.5, 0.6) is 0 Å². The van der Waals surface area contributed by atoms with E-state index in [1.807, 2.05) is 18.2 Å². The van der Waals surface area contributed by atoms with Gasteiger partial charge < -0.3 is 9.84 Å². The third-order valence-electron chi connectivity index (χ3n) is 5.94. The molecule has 6 heteroatoms. The minimum absolute atomic E-state index is 0.148. The van der Waals surface area contributed by atoms with Crippen molar-refractivity contribution in [2.45, 2.75) is 63.5 Å². The van der Waals surface area contributed by atoms with Crippen LogP contribution in [-0.4, -0.2) is 35.1 Å². The van der Waals surface area contributed by atoms with Crippen molar-refractivity contribution in [3.63, 3.8) is 0 Å². The summed E-state index contributed by atoms with van der Waals surface area (Å²) in [5, 5.41) is 7.28. The van der Waals surface area contributed by atoms with Gasteiger partial charge in [-0.1, -0.05) is 36.6 Å². The fourth-order valence-electron chi connectivity index (χ4n) is 4.38. The molecule has 0 bridgehead atoms. The molecular formula is C22H28FN3O2. The largest absolute Gasteiger partial charge is 0.351 e. The lowest BCUT2D eigenvalue weighted by atomic mass is 9.94. The molecule has 0 spiro atoms. The number of nitrogens with one attached hydrogen (secondary N) is 1. The molecule has 0 radical (unpaired) electrons. The van der Waals surface area contributed by atoms with Crippen molar-refractivity contribution in [1.29, 1.82) is 0 Å². The number of carbonyl (C=O) groups is 1. The van der Waals surface area contributed by atoms with Crippen LogP contribution in [0.3, 0.4) is 0 Å². The van der Waals surface area contributed by atoms with E-state index in [1.54, 1.807) is 0 Å². The Morgan fingerprint density at radius 2 is 1.93 bits per heavy atom. The molecular weight excluding hydrogens is 357 g/mol. The van der Waals surface area contributed by atoms with Gasteiger partial charge in [0.2, 0.25) is 5.76 Å². The molecule has 1 amide bonds. The molecule has 1 saturated heterocycles. The van der Waals surface area contributed by atoms with Gasteiger partial charge >= 0.3 is 0 Å². The van der Waals surface area contributed by atoms with Crippen LogP contribution in [0.15, 0.2) is 34.9 Å². The molecule has 4 rings (SSSR count). The molecule has 1 atom stereocenters. The molecule has 2 heterocycles. The molecule has 1 aliphatic carbocycles. The second kappa shape index (κ2) is 8.86. The fourth-order valence-corrected chi connectivity index (χ4v) is 4.38. The van der Waals surface area contributed by atoms with E-state index in [1.165, 1.54) is 31.4 Å². The quantitative estimate of drug-likeness (QED) is 0.836. The zero-order chi connectivity index (χ0) is 19.3. The summed E-state index contributed by atoms with van der Waals surface area (Å²) in [4.78, 5) is 14.8. The smallest absolute Gasteiger partial charge is 0.290 e. The topological polar surface area (TPSA) is 58.4 Å². The molecule has 1 N–H and O–H groups in total. The predicted octanol–water partition coefficient (Wildman–Crippen LogP) is 4.26. The minimum Gasteiger partial charge on any atom is -0.351 e. The second-order valence-corrected chi connectivity index (χ2v) is 8.13. The molecule has 150 valence electrons. The van der Waals surface area contributed by atoms with Crippen molar-refractivity contribution in [3.8, 4) is 0 Å². The predicted molar refractivity (Wildman–Crippen MR) is 104 cm³/mol. The monoisotopic (exact) mass is 385 g/mol. The van der Waals surface area contributed by atoms with Crippen molar-refractivity contribution in [2.24, 2.45) is 0 Å². The van der Waals surface area contributed by atoms with Crippen LogP contribution in [0.1, 0.15) is 72.7 Å². The average molecular weight is 385 g/mol. The molecule has 0 unspecified atom stereocenters. The number of aromatic nitrogens is 1. The Labute approximate surface area is 165 Å². The summed E-state index contributed by atoms with van der Waals surface area (Å²) in [7, 11) is 0. The maximum absolute atomic E-state index is 13.1. The van der Waals surface area contributed by atoms with E-state index in [0.717, 1.165) is 56.6 Å². The summed E-state index contributed by atoms with van der Waals surface area (Å²) in [5.74, 6) is 0.219. The molecule has 1 saturated carbocycles. The summed E-state index contributed by atoms with van der Waals surface area (Å²) in [6, 6.07) is 8.75. The lowest BCUT2D eigenvalue weighted by molar-refractivity contribution is 0.0890. The van der Waals surface area contributed by atoms with E-state index in [2.05, 4.69) is 15.4 Å². The highest BCUT2D eigenvalue weighted by Gasteiger charge is 2.26. The van der Waals surface area contributed by atoms with Crippen LogP contribution in [0, 0.1) is 5.82 Å². The SMILES string of the molecule is O=C(NC1CCCCC1)c1cc([C@@H]2CCCN(Cc3ccc(F)cc3)C2)no1. The molecule has 2 aromatic rings. The number of carbonyl (C=O) groups excluding carboxylic acids is 1. The molecule has 5 nitrogen and oxygen atoms in total. The Bertz CT molecular complexity index is 783. The molecule has 2 aliphatic rings. The standard InChI is InChI=1S/C22H28FN3O2/c23-18-10-8-16(9-11-18)14-26-12-4-5-17(15-26)20-13-21(28-25-20)22(27)24-19-6-2-1-3-7-19/h8-11,13,17,19H,1-7,12,14-15H2,(H,24,27)/t17-/m1/s1. The Kier molecular flexibility index (Phi) is 6.05. The van der Waals surface area contributed by atoms with Crippen LogP contribution in [0.25, 0.3) is 0 Å². The van der Waals surface area contributed by atoms with Crippen molar-refractivity contribution < 1.29 is 13.7 Å². The van der Waals surface area contributed by atoms with Gasteiger partial charge in [0.15, 0.2) is 0 Å². The lowest BCUT2D eigenvalue weighted by Gasteiger charge is -2.31. The molecule has 1 aromatic carbocycles. The van der Waals surface area contributed by atoms with Crippen molar-refractivity contribution in [3.05, 3.63) is 53.2 Å². The Morgan fingerprint density at radius 3 is 2.71 bits per heavy atom. The summed E-state index contributed by atoms with van der Waals surface area (Å²) < 4.78 is 18.5. The van der Waals surface area contributed by atoms with Gasteiger partial charge in [-0.05, 0) is 49.9 Å². The molecule has 2 fully saturated rings. The van der Waals surface area contributed by atoms with Crippen molar-refractivity contribution >= 4 is 5.91 Å². The zero-order valence-corrected chi connectivity index (χ0v) is 16.2. The van der Waals surface area contributed by atoms with Crippen molar-refractivity contribution in [2.75, 3.05) is 13.1 Å². The van der Waals surface area contributed by atoms with Gasteiger partial charge in [-0.15, -0.1) is 0 Å². The van der Waals surface area contributed by atoms with Gasteiger partial charge in [-0.2, -0.15) is 0 Å². The Morgan fingerprint density at radius 1 is 1.14 bits per heavy atom. The molecule has 1 aliphatic heterocycles. The van der Waals surface area contributed by atoms with Crippen LogP contribution in [0.4, 0.5) is 4.39 Å². The zero-order valence-electron chi connectivity index (χ0n) is 16.2. The van der Waals surface area contributed by atoms with Gasteiger partial charge in [-0.25, -0.2) is 4.39 Å². The van der Waals surface area contributed by atoms with E-state index in [4.69, 9.17) is 4.52 Å². The van der Waals surface area contributed by atoms with E-state index in [0.29, 0.717) is 5.76 Å². The minimum atomic E-state index is -0.207. The highest BCUT2D eigenvalue weighted by Crippen LogP contribution is 2.28. The normalized spacial score (nSPS) is 21.5. The average Bonchev–Trinajstić information content (AvgIpc) is 3.21. The maximum Gasteiger partial charge on any atom is 0.290 e. The van der Waals surface area contributed by atoms with Gasteiger partial charge in [0, 0.05) is 31.1 Å². The van der Waals surface area contributed by atoms with Crippen LogP contribution in [0.2, 0.25) is 0 Å².